The van der Waals surface area contributed by atoms with E-state index in [0.717, 1.165) is 24.3 Å². The summed E-state index contributed by atoms with van der Waals surface area (Å²) in [6, 6.07) is 8.15. The van der Waals surface area contributed by atoms with E-state index in [9.17, 15) is 4.79 Å². The lowest BCUT2D eigenvalue weighted by molar-refractivity contribution is -0.131. The number of rotatable bonds is 6. The maximum Gasteiger partial charge on any atom is 0.222 e. The quantitative estimate of drug-likeness (QED) is 0.765. The van der Waals surface area contributed by atoms with E-state index in [0.29, 0.717) is 12.5 Å². The highest BCUT2D eigenvalue weighted by Gasteiger charge is 2.13. The highest BCUT2D eigenvalue weighted by Crippen LogP contribution is 2.12. The van der Waals surface area contributed by atoms with Crippen LogP contribution in [0.3, 0.4) is 0 Å². The van der Waals surface area contributed by atoms with Gasteiger partial charge in [0.25, 0.3) is 0 Å². The van der Waals surface area contributed by atoms with Gasteiger partial charge in [-0.15, -0.1) is 0 Å². The zero-order chi connectivity index (χ0) is 13.5. The third-order valence-corrected chi connectivity index (χ3v) is 3.67. The van der Waals surface area contributed by atoms with E-state index < -0.39 is 0 Å². The van der Waals surface area contributed by atoms with E-state index in [1.54, 1.807) is 0 Å². The van der Waals surface area contributed by atoms with Crippen molar-refractivity contribution in [3.05, 3.63) is 34.9 Å². The van der Waals surface area contributed by atoms with Crippen molar-refractivity contribution in [2.75, 3.05) is 7.05 Å². The van der Waals surface area contributed by atoms with Crippen molar-refractivity contribution < 1.29 is 4.79 Å². The van der Waals surface area contributed by atoms with Gasteiger partial charge in [-0.2, -0.15) is 0 Å². The number of amides is 1. The van der Waals surface area contributed by atoms with Crippen molar-refractivity contribution >= 4 is 17.5 Å². The summed E-state index contributed by atoms with van der Waals surface area (Å²) in [7, 11) is 1.89. The van der Waals surface area contributed by atoms with Crippen LogP contribution in [0.15, 0.2) is 24.3 Å². The molecule has 0 aromatic heterocycles. The molecule has 0 radical (unpaired) electrons. The fourth-order valence-electron chi connectivity index (χ4n) is 1.79. The summed E-state index contributed by atoms with van der Waals surface area (Å²) < 4.78 is 0. The van der Waals surface area contributed by atoms with Crippen molar-refractivity contribution in [2.24, 2.45) is 0 Å². The fourth-order valence-corrected chi connectivity index (χ4v) is 1.92. The molecular formula is C15H22ClNO. The molecule has 18 heavy (non-hydrogen) atoms. The van der Waals surface area contributed by atoms with Crippen LogP contribution in [0.4, 0.5) is 0 Å². The Bertz CT molecular complexity index is 375. The Morgan fingerprint density at radius 1 is 1.33 bits per heavy atom. The molecule has 0 saturated heterocycles. The molecule has 0 N–H and O–H groups in total. The number of halogens is 1. The second kappa shape index (κ2) is 7.42. The second-order valence-corrected chi connectivity index (χ2v) is 5.18. The molecule has 0 bridgehead atoms. The molecule has 0 saturated carbocycles. The van der Waals surface area contributed by atoms with Gasteiger partial charge in [-0.05, 0) is 43.9 Å². The molecule has 1 aromatic rings. The van der Waals surface area contributed by atoms with Gasteiger partial charge in [0.2, 0.25) is 5.91 Å². The lowest BCUT2D eigenvalue weighted by atomic mass is 10.1. The zero-order valence-electron chi connectivity index (χ0n) is 11.4. The predicted octanol–water partition coefficient (Wildman–Crippen LogP) is 3.92. The van der Waals surface area contributed by atoms with Crippen LogP contribution in [0.1, 0.15) is 38.7 Å². The molecule has 1 amide bonds. The summed E-state index contributed by atoms with van der Waals surface area (Å²) in [5, 5.41) is 0.756. The van der Waals surface area contributed by atoms with Crippen molar-refractivity contribution in [1.82, 2.24) is 4.90 Å². The molecule has 2 nitrogen and oxygen atoms in total. The molecule has 1 rings (SSSR count). The van der Waals surface area contributed by atoms with Crippen LogP contribution in [-0.4, -0.2) is 23.9 Å². The summed E-state index contributed by atoms with van der Waals surface area (Å²) in [5.74, 6) is 0.235. The molecule has 0 heterocycles. The van der Waals surface area contributed by atoms with Crippen LogP contribution >= 0.6 is 11.6 Å². The number of benzene rings is 1. The Labute approximate surface area is 115 Å². The Balaban J connectivity index is 2.33. The zero-order valence-corrected chi connectivity index (χ0v) is 12.2. The van der Waals surface area contributed by atoms with Gasteiger partial charge < -0.3 is 4.90 Å². The third-order valence-electron chi connectivity index (χ3n) is 3.41. The lowest BCUT2D eigenvalue weighted by Gasteiger charge is -2.23. The number of carbonyl (C=O) groups is 1. The molecule has 0 aliphatic rings. The van der Waals surface area contributed by atoms with E-state index in [2.05, 4.69) is 13.8 Å². The minimum Gasteiger partial charge on any atom is -0.343 e. The van der Waals surface area contributed by atoms with Gasteiger partial charge in [0.1, 0.15) is 0 Å². The molecule has 1 aromatic carbocycles. The number of hydrogen-bond donors (Lipinski definition) is 0. The van der Waals surface area contributed by atoms with Gasteiger partial charge in [0.05, 0.1) is 0 Å². The lowest BCUT2D eigenvalue weighted by Crippen LogP contribution is -2.34. The van der Waals surface area contributed by atoms with Gasteiger partial charge >= 0.3 is 0 Å². The van der Waals surface area contributed by atoms with E-state index >= 15 is 0 Å². The molecule has 1 atom stereocenters. The first-order valence-corrected chi connectivity index (χ1v) is 6.92. The smallest absolute Gasteiger partial charge is 0.222 e. The second-order valence-electron chi connectivity index (χ2n) is 4.74. The largest absolute Gasteiger partial charge is 0.343 e. The summed E-state index contributed by atoms with van der Waals surface area (Å²) in [6.45, 7) is 4.18. The van der Waals surface area contributed by atoms with Crippen molar-refractivity contribution in [3.63, 3.8) is 0 Å². The van der Waals surface area contributed by atoms with Crippen molar-refractivity contribution in [2.45, 2.75) is 45.6 Å². The maximum atomic E-state index is 11.9. The van der Waals surface area contributed by atoms with Gasteiger partial charge in [0, 0.05) is 24.5 Å². The molecule has 0 aliphatic heterocycles. The summed E-state index contributed by atoms with van der Waals surface area (Å²) in [4.78, 5) is 13.7. The Hall–Kier alpha value is -1.02. The summed E-state index contributed by atoms with van der Waals surface area (Å²) in [6.07, 6.45) is 3.43. The first kappa shape index (κ1) is 15.0. The Kier molecular flexibility index (Phi) is 6.20. The average Bonchev–Trinajstić information content (AvgIpc) is 2.39. The number of nitrogens with zero attached hydrogens (tertiary/aromatic N) is 1. The summed E-state index contributed by atoms with van der Waals surface area (Å²) >= 11 is 5.83. The summed E-state index contributed by atoms with van der Waals surface area (Å²) in [5.41, 5.74) is 1.23. The minimum absolute atomic E-state index is 0.235. The standard InChI is InChI=1S/C15H22ClNO/c1-4-12(2)17(3)15(18)7-5-6-13-8-10-14(16)11-9-13/h8-12H,4-7H2,1-3H3. The third kappa shape index (κ3) is 4.69. The Morgan fingerprint density at radius 2 is 1.94 bits per heavy atom. The van der Waals surface area contributed by atoms with Crippen LogP contribution in [-0.2, 0) is 11.2 Å². The number of aryl methyl sites for hydroxylation is 1. The van der Waals surface area contributed by atoms with Crippen LogP contribution < -0.4 is 0 Å². The Morgan fingerprint density at radius 3 is 2.50 bits per heavy atom. The van der Waals surface area contributed by atoms with Crippen LogP contribution in [0, 0.1) is 0 Å². The SMILES string of the molecule is CCC(C)N(C)C(=O)CCCc1ccc(Cl)cc1. The molecule has 3 heteroatoms. The fraction of sp³-hybridized carbons (Fsp3) is 0.533. The molecule has 0 spiro atoms. The first-order chi connectivity index (χ1) is 8.54. The monoisotopic (exact) mass is 267 g/mol. The van der Waals surface area contributed by atoms with Crippen LogP contribution in [0.25, 0.3) is 0 Å². The van der Waals surface area contributed by atoms with Gasteiger partial charge in [-0.25, -0.2) is 0 Å². The van der Waals surface area contributed by atoms with Gasteiger partial charge in [0.15, 0.2) is 0 Å². The van der Waals surface area contributed by atoms with Gasteiger partial charge in [-0.3, -0.25) is 4.79 Å². The first-order valence-electron chi connectivity index (χ1n) is 6.54. The maximum absolute atomic E-state index is 11.9. The minimum atomic E-state index is 0.235. The normalized spacial score (nSPS) is 12.2. The van der Waals surface area contributed by atoms with Crippen molar-refractivity contribution in [3.8, 4) is 0 Å². The molecule has 0 fully saturated rings. The average molecular weight is 268 g/mol. The molecule has 0 aliphatic carbocycles. The molecular weight excluding hydrogens is 246 g/mol. The van der Waals surface area contributed by atoms with E-state index in [4.69, 9.17) is 11.6 Å². The van der Waals surface area contributed by atoms with E-state index in [-0.39, 0.29) is 5.91 Å². The van der Waals surface area contributed by atoms with Crippen molar-refractivity contribution in [1.29, 1.82) is 0 Å². The van der Waals surface area contributed by atoms with E-state index in [1.807, 2.05) is 36.2 Å². The van der Waals surface area contributed by atoms with Gasteiger partial charge in [-0.1, -0.05) is 30.7 Å². The highest BCUT2D eigenvalue weighted by atomic mass is 35.5. The van der Waals surface area contributed by atoms with Crippen LogP contribution in [0.5, 0.6) is 0 Å². The molecule has 1 unspecified atom stereocenters. The van der Waals surface area contributed by atoms with E-state index in [1.165, 1.54) is 5.56 Å². The molecule has 100 valence electrons. The topological polar surface area (TPSA) is 20.3 Å². The number of carbonyl (C=O) groups excluding carboxylic acids is 1. The predicted molar refractivity (Wildman–Crippen MR) is 76.9 cm³/mol. The number of hydrogen-bond acceptors (Lipinski definition) is 1. The highest BCUT2D eigenvalue weighted by molar-refractivity contribution is 6.30. The van der Waals surface area contributed by atoms with Crippen LogP contribution in [0.2, 0.25) is 5.02 Å².